The maximum Gasteiger partial charge on any atom is 0.123 e. The van der Waals surface area contributed by atoms with Crippen molar-refractivity contribution in [2.24, 2.45) is 5.92 Å². The van der Waals surface area contributed by atoms with Crippen molar-refractivity contribution in [3.63, 3.8) is 0 Å². The summed E-state index contributed by atoms with van der Waals surface area (Å²) in [6.45, 7) is 9.28. The molecule has 0 aromatic heterocycles. The van der Waals surface area contributed by atoms with Crippen LogP contribution in [-0.4, -0.2) is 74.1 Å². The Hall–Kier alpha value is -1.98. The predicted molar refractivity (Wildman–Crippen MR) is 156 cm³/mol. The summed E-state index contributed by atoms with van der Waals surface area (Å²) in [5.41, 5.74) is 2.81. The molecule has 200 valence electrons. The molecule has 0 bridgehead atoms. The van der Waals surface area contributed by atoms with Gasteiger partial charge in [-0.3, -0.25) is 0 Å². The molecule has 0 radical (unpaired) electrons. The van der Waals surface area contributed by atoms with Crippen LogP contribution in [0.5, 0.6) is 0 Å². The first-order chi connectivity index (χ1) is 17.7. The van der Waals surface area contributed by atoms with E-state index in [1.165, 1.54) is 67.2 Å². The second-order valence-electron chi connectivity index (χ2n) is 11.0. The van der Waals surface area contributed by atoms with E-state index in [4.69, 9.17) is 0 Å². The van der Waals surface area contributed by atoms with Gasteiger partial charge >= 0.3 is 0 Å². The normalized spacial score (nSPS) is 19.1. The van der Waals surface area contributed by atoms with Crippen LogP contribution in [0, 0.1) is 11.7 Å². The Kier molecular flexibility index (Phi) is 10.4. The van der Waals surface area contributed by atoms with E-state index in [9.17, 15) is 4.39 Å². The van der Waals surface area contributed by atoms with Gasteiger partial charge in [0.15, 0.2) is 0 Å². The van der Waals surface area contributed by atoms with Crippen LogP contribution in [0.4, 0.5) is 4.39 Å². The number of likely N-dealkylation sites (tertiary alicyclic amines) is 1. The van der Waals surface area contributed by atoms with Crippen molar-refractivity contribution in [1.29, 1.82) is 0 Å². The number of halogens is 2. The number of piperazine rings is 1. The number of hydrogen-bond acceptors (Lipinski definition) is 3. The number of nitrogens with zero attached hydrogens (tertiary/aromatic N) is 3. The first-order valence-electron chi connectivity index (χ1n) is 14.0. The number of hydrogen-bond donors (Lipinski definition) is 0. The predicted octanol–water partition coefficient (Wildman–Crippen LogP) is 6.47. The Bertz CT molecular complexity index is 1080. The van der Waals surface area contributed by atoms with Gasteiger partial charge in [-0.25, -0.2) is 4.39 Å². The van der Waals surface area contributed by atoms with Crippen molar-refractivity contribution in [2.45, 2.75) is 38.0 Å². The van der Waals surface area contributed by atoms with Gasteiger partial charge in [-0.15, -0.1) is 12.4 Å². The van der Waals surface area contributed by atoms with Crippen LogP contribution < -0.4 is 0 Å². The molecular weight excluding hydrogens is 481 g/mol. The molecule has 2 aliphatic heterocycles. The maximum absolute atomic E-state index is 13.6. The minimum absolute atomic E-state index is 0. The van der Waals surface area contributed by atoms with Crippen molar-refractivity contribution < 1.29 is 4.39 Å². The zero-order valence-electron chi connectivity index (χ0n) is 22.3. The highest BCUT2D eigenvalue weighted by molar-refractivity contribution is 5.86. The van der Waals surface area contributed by atoms with E-state index in [2.05, 4.69) is 64.2 Å². The van der Waals surface area contributed by atoms with E-state index in [1.807, 2.05) is 12.1 Å². The SMILES string of the molecule is CN1CCC(C(CN2CCN(CCCCc3cccc4ccccc34)CC2)c2ccc(F)cc2)CC1.Cl. The van der Waals surface area contributed by atoms with Gasteiger partial charge in [-0.2, -0.15) is 0 Å². The summed E-state index contributed by atoms with van der Waals surface area (Å²) in [6, 6.07) is 22.8. The summed E-state index contributed by atoms with van der Waals surface area (Å²) in [4.78, 5) is 7.76. The number of unbranched alkanes of at least 4 members (excludes halogenated alkanes) is 1. The molecule has 0 aliphatic carbocycles. The van der Waals surface area contributed by atoms with Gasteiger partial charge in [0, 0.05) is 32.7 Å². The lowest BCUT2D eigenvalue weighted by Gasteiger charge is -2.40. The van der Waals surface area contributed by atoms with Crippen LogP contribution >= 0.6 is 12.4 Å². The van der Waals surface area contributed by atoms with E-state index >= 15 is 0 Å². The van der Waals surface area contributed by atoms with Crippen molar-refractivity contribution in [3.05, 3.63) is 83.7 Å². The molecular formula is C32H43ClFN3. The van der Waals surface area contributed by atoms with E-state index in [1.54, 1.807) is 12.1 Å². The Morgan fingerprint density at radius 3 is 2.22 bits per heavy atom. The largest absolute Gasteiger partial charge is 0.306 e. The third kappa shape index (κ3) is 7.54. The van der Waals surface area contributed by atoms with Crippen LogP contribution in [0.2, 0.25) is 0 Å². The van der Waals surface area contributed by atoms with Gasteiger partial charge in [0.2, 0.25) is 0 Å². The molecule has 2 fully saturated rings. The molecule has 0 spiro atoms. The summed E-state index contributed by atoms with van der Waals surface area (Å²) in [5.74, 6) is 1.07. The van der Waals surface area contributed by atoms with Crippen LogP contribution in [0.1, 0.15) is 42.7 Å². The summed E-state index contributed by atoms with van der Waals surface area (Å²) in [7, 11) is 2.23. The minimum Gasteiger partial charge on any atom is -0.306 e. The van der Waals surface area contributed by atoms with E-state index in [-0.39, 0.29) is 18.2 Å². The van der Waals surface area contributed by atoms with Crippen LogP contribution in [0.3, 0.4) is 0 Å². The zero-order chi connectivity index (χ0) is 24.7. The van der Waals surface area contributed by atoms with Crippen molar-refractivity contribution >= 4 is 23.2 Å². The van der Waals surface area contributed by atoms with Crippen molar-refractivity contribution in [3.8, 4) is 0 Å². The molecule has 0 N–H and O–H groups in total. The Morgan fingerprint density at radius 2 is 1.46 bits per heavy atom. The molecule has 1 atom stereocenters. The second kappa shape index (κ2) is 13.7. The summed E-state index contributed by atoms with van der Waals surface area (Å²) in [6.07, 6.45) is 6.16. The van der Waals surface area contributed by atoms with Crippen molar-refractivity contribution in [1.82, 2.24) is 14.7 Å². The molecule has 5 heteroatoms. The van der Waals surface area contributed by atoms with E-state index < -0.39 is 0 Å². The summed E-state index contributed by atoms with van der Waals surface area (Å²) in [5, 5.41) is 2.76. The molecule has 2 heterocycles. The third-order valence-corrected chi connectivity index (χ3v) is 8.60. The second-order valence-corrected chi connectivity index (χ2v) is 11.0. The molecule has 3 aromatic rings. The van der Waals surface area contributed by atoms with Gasteiger partial charge in [-0.05, 0) is 105 Å². The van der Waals surface area contributed by atoms with Crippen LogP contribution in [-0.2, 0) is 6.42 Å². The van der Waals surface area contributed by atoms with Gasteiger partial charge in [0.1, 0.15) is 5.82 Å². The number of fused-ring (bicyclic) bond motifs is 1. The maximum atomic E-state index is 13.6. The highest BCUT2D eigenvalue weighted by Crippen LogP contribution is 2.33. The van der Waals surface area contributed by atoms with Crippen molar-refractivity contribution in [2.75, 3.05) is 59.4 Å². The first kappa shape index (κ1) is 28.0. The van der Waals surface area contributed by atoms with E-state index in [0.717, 1.165) is 39.1 Å². The van der Waals surface area contributed by atoms with Gasteiger partial charge in [0.25, 0.3) is 0 Å². The fraction of sp³-hybridized carbons (Fsp3) is 0.500. The van der Waals surface area contributed by atoms with Gasteiger partial charge < -0.3 is 14.7 Å². The molecule has 37 heavy (non-hydrogen) atoms. The third-order valence-electron chi connectivity index (χ3n) is 8.60. The molecule has 2 aliphatic rings. The number of rotatable bonds is 9. The lowest BCUT2D eigenvalue weighted by Crippen LogP contribution is -2.48. The molecule has 3 nitrogen and oxygen atoms in total. The fourth-order valence-corrected chi connectivity index (χ4v) is 6.30. The molecule has 3 aromatic carbocycles. The molecule has 1 unspecified atom stereocenters. The van der Waals surface area contributed by atoms with Crippen LogP contribution in [0.15, 0.2) is 66.7 Å². The highest BCUT2D eigenvalue weighted by Gasteiger charge is 2.29. The fourth-order valence-electron chi connectivity index (χ4n) is 6.30. The number of piperidine rings is 1. The smallest absolute Gasteiger partial charge is 0.123 e. The molecule has 0 amide bonds. The molecule has 5 rings (SSSR count). The minimum atomic E-state index is -0.130. The monoisotopic (exact) mass is 523 g/mol. The number of aryl methyl sites for hydroxylation is 1. The highest BCUT2D eigenvalue weighted by atomic mass is 35.5. The van der Waals surface area contributed by atoms with Gasteiger partial charge in [-0.1, -0.05) is 54.6 Å². The van der Waals surface area contributed by atoms with Gasteiger partial charge in [0.05, 0.1) is 0 Å². The summed E-state index contributed by atoms with van der Waals surface area (Å²) < 4.78 is 13.6. The Labute approximate surface area is 229 Å². The Morgan fingerprint density at radius 1 is 0.784 bits per heavy atom. The average molecular weight is 524 g/mol. The first-order valence-corrected chi connectivity index (χ1v) is 14.0. The van der Waals surface area contributed by atoms with Crippen LogP contribution in [0.25, 0.3) is 10.8 Å². The standard InChI is InChI=1S/C32H42FN3.ClH/c1-34-19-16-29(17-20-34)32(28-12-14-30(33)15-13-28)25-36-23-21-35(22-24-36)18-5-4-8-27-10-6-9-26-7-2-3-11-31(26)27;/h2-3,6-7,9-15,29,32H,4-5,8,16-25H2,1H3;1H. The lowest BCUT2D eigenvalue weighted by atomic mass is 9.79. The quantitative estimate of drug-likeness (QED) is 0.298. The average Bonchev–Trinajstić information content (AvgIpc) is 2.92. The zero-order valence-corrected chi connectivity index (χ0v) is 23.1. The topological polar surface area (TPSA) is 9.72 Å². The number of benzene rings is 3. The molecule has 0 saturated carbocycles. The summed E-state index contributed by atoms with van der Waals surface area (Å²) >= 11 is 0. The molecule has 2 saturated heterocycles. The van der Waals surface area contributed by atoms with E-state index in [0.29, 0.717) is 11.8 Å². The lowest BCUT2D eigenvalue weighted by molar-refractivity contribution is 0.107. The Balaban J connectivity index is 0.00000320.